The van der Waals surface area contributed by atoms with E-state index in [0.717, 1.165) is 4.47 Å². The second kappa shape index (κ2) is 7.13. The molecule has 1 N–H and O–H groups in total. The Morgan fingerprint density at radius 1 is 0.952 bits per heavy atom. The van der Waals surface area contributed by atoms with Gasteiger partial charge in [0.05, 0.1) is 0 Å². The lowest BCUT2D eigenvalue weighted by Gasteiger charge is -2.05. The van der Waals surface area contributed by atoms with Gasteiger partial charge in [0.2, 0.25) is 5.91 Å². The zero-order valence-corrected chi connectivity index (χ0v) is 12.7. The summed E-state index contributed by atoms with van der Waals surface area (Å²) < 4.78 is 13.7. The average molecular weight is 350 g/mol. The van der Waals surface area contributed by atoms with Crippen LogP contribution in [-0.2, 0) is 4.79 Å². The molecule has 0 heterocycles. The fraction of sp³-hybridized carbons (Fsp3) is 0.125. The van der Waals surface area contributed by atoms with Gasteiger partial charge < -0.3 is 5.32 Å². The molecule has 2 rings (SSSR count). The Morgan fingerprint density at radius 3 is 2.19 bits per heavy atom. The van der Waals surface area contributed by atoms with Crippen molar-refractivity contribution in [2.45, 2.75) is 12.8 Å². The first-order valence-electron chi connectivity index (χ1n) is 6.39. The van der Waals surface area contributed by atoms with E-state index >= 15 is 0 Å². The minimum Gasteiger partial charge on any atom is -0.326 e. The molecule has 0 radical (unpaired) electrons. The monoisotopic (exact) mass is 349 g/mol. The molecule has 1 amide bonds. The number of rotatable bonds is 5. The molecular formula is C16H13BrFNO2. The summed E-state index contributed by atoms with van der Waals surface area (Å²) in [4.78, 5) is 23.6. The van der Waals surface area contributed by atoms with Gasteiger partial charge in [-0.1, -0.05) is 15.9 Å². The van der Waals surface area contributed by atoms with Crippen LogP contribution in [0.5, 0.6) is 0 Å². The molecule has 0 saturated heterocycles. The summed E-state index contributed by atoms with van der Waals surface area (Å²) in [5, 5.41) is 2.71. The SMILES string of the molecule is O=C(CCC(=O)c1ccc(F)cc1)Nc1ccc(Br)cc1. The molecule has 0 atom stereocenters. The van der Waals surface area contributed by atoms with E-state index in [-0.39, 0.29) is 30.3 Å². The van der Waals surface area contributed by atoms with Gasteiger partial charge >= 0.3 is 0 Å². The minimum atomic E-state index is -0.389. The van der Waals surface area contributed by atoms with Crippen molar-refractivity contribution in [2.75, 3.05) is 5.32 Å². The number of hydrogen-bond acceptors (Lipinski definition) is 2. The molecule has 0 aromatic heterocycles. The van der Waals surface area contributed by atoms with E-state index in [0.29, 0.717) is 11.3 Å². The molecule has 21 heavy (non-hydrogen) atoms. The Hall–Kier alpha value is -2.01. The molecule has 108 valence electrons. The van der Waals surface area contributed by atoms with Crippen LogP contribution < -0.4 is 5.32 Å². The van der Waals surface area contributed by atoms with Gasteiger partial charge in [0.15, 0.2) is 5.78 Å². The normalized spacial score (nSPS) is 10.2. The quantitative estimate of drug-likeness (QED) is 0.822. The summed E-state index contributed by atoms with van der Waals surface area (Å²) in [6.45, 7) is 0. The molecule has 3 nitrogen and oxygen atoms in total. The van der Waals surface area contributed by atoms with Gasteiger partial charge in [-0.3, -0.25) is 9.59 Å². The fourth-order valence-electron chi connectivity index (χ4n) is 1.76. The summed E-state index contributed by atoms with van der Waals surface area (Å²) >= 11 is 3.31. The fourth-order valence-corrected chi connectivity index (χ4v) is 2.03. The van der Waals surface area contributed by atoms with Crippen LogP contribution in [0.4, 0.5) is 10.1 Å². The lowest BCUT2D eigenvalue weighted by Crippen LogP contribution is -2.13. The Kier molecular flexibility index (Phi) is 5.22. The first-order valence-corrected chi connectivity index (χ1v) is 7.18. The van der Waals surface area contributed by atoms with E-state index in [1.165, 1.54) is 24.3 Å². The van der Waals surface area contributed by atoms with E-state index in [1.54, 1.807) is 12.1 Å². The summed E-state index contributed by atoms with van der Waals surface area (Å²) in [6.07, 6.45) is 0.181. The molecule has 0 spiro atoms. The van der Waals surface area contributed by atoms with Gasteiger partial charge in [-0.2, -0.15) is 0 Å². The van der Waals surface area contributed by atoms with Crippen LogP contribution in [0.25, 0.3) is 0 Å². The van der Waals surface area contributed by atoms with E-state index in [1.807, 2.05) is 12.1 Å². The van der Waals surface area contributed by atoms with Gasteiger partial charge in [0.25, 0.3) is 0 Å². The number of hydrogen-bond donors (Lipinski definition) is 1. The highest BCUT2D eigenvalue weighted by Crippen LogP contribution is 2.15. The van der Waals surface area contributed by atoms with E-state index < -0.39 is 0 Å². The largest absolute Gasteiger partial charge is 0.326 e. The van der Waals surface area contributed by atoms with Crippen LogP contribution in [0, 0.1) is 5.82 Å². The number of carbonyl (C=O) groups excluding carboxylic acids is 2. The van der Waals surface area contributed by atoms with Crippen molar-refractivity contribution in [1.29, 1.82) is 0 Å². The summed E-state index contributed by atoms with van der Waals surface area (Å²) in [6, 6.07) is 12.5. The van der Waals surface area contributed by atoms with Gasteiger partial charge in [-0.25, -0.2) is 4.39 Å². The van der Waals surface area contributed by atoms with Gasteiger partial charge in [-0.15, -0.1) is 0 Å². The molecule has 2 aromatic carbocycles. The number of anilines is 1. The Morgan fingerprint density at radius 2 is 1.57 bits per heavy atom. The predicted octanol–water partition coefficient (Wildman–Crippen LogP) is 4.19. The highest BCUT2D eigenvalue weighted by Gasteiger charge is 2.09. The van der Waals surface area contributed by atoms with Gasteiger partial charge in [0, 0.05) is 28.6 Å². The van der Waals surface area contributed by atoms with E-state index in [9.17, 15) is 14.0 Å². The maximum atomic E-state index is 12.8. The van der Waals surface area contributed by atoms with Gasteiger partial charge in [0.1, 0.15) is 5.82 Å². The molecule has 0 saturated carbocycles. The molecule has 0 unspecified atom stereocenters. The van der Waals surface area contributed by atoms with E-state index in [2.05, 4.69) is 21.2 Å². The van der Waals surface area contributed by atoms with Crippen molar-refractivity contribution in [2.24, 2.45) is 0 Å². The number of halogens is 2. The number of nitrogens with one attached hydrogen (secondary N) is 1. The maximum Gasteiger partial charge on any atom is 0.224 e. The van der Waals surface area contributed by atoms with Crippen LogP contribution >= 0.6 is 15.9 Å². The molecule has 5 heteroatoms. The second-order valence-electron chi connectivity index (χ2n) is 4.49. The molecule has 0 aliphatic rings. The third-order valence-electron chi connectivity index (χ3n) is 2.87. The van der Waals surface area contributed by atoms with Crippen molar-refractivity contribution in [3.05, 3.63) is 64.4 Å². The van der Waals surface area contributed by atoms with Crippen LogP contribution in [0.3, 0.4) is 0 Å². The summed E-state index contributed by atoms with van der Waals surface area (Å²) in [5.74, 6) is -0.798. The van der Waals surface area contributed by atoms with Crippen LogP contribution in [-0.4, -0.2) is 11.7 Å². The first kappa shape index (κ1) is 15.4. The number of amides is 1. The van der Waals surface area contributed by atoms with Gasteiger partial charge in [-0.05, 0) is 48.5 Å². The minimum absolute atomic E-state index is 0.0896. The van der Waals surface area contributed by atoms with Crippen molar-refractivity contribution >= 4 is 33.3 Å². The van der Waals surface area contributed by atoms with E-state index in [4.69, 9.17) is 0 Å². The molecule has 0 aliphatic carbocycles. The highest BCUT2D eigenvalue weighted by atomic mass is 79.9. The number of carbonyl (C=O) groups is 2. The highest BCUT2D eigenvalue weighted by molar-refractivity contribution is 9.10. The zero-order valence-electron chi connectivity index (χ0n) is 11.1. The number of benzene rings is 2. The topological polar surface area (TPSA) is 46.2 Å². The Bertz CT molecular complexity index is 638. The molecule has 0 bridgehead atoms. The summed E-state index contributed by atoms with van der Waals surface area (Å²) in [5.41, 5.74) is 1.09. The lowest BCUT2D eigenvalue weighted by molar-refractivity contribution is -0.116. The Balaban J connectivity index is 1.84. The Labute approximate surface area is 130 Å². The lowest BCUT2D eigenvalue weighted by atomic mass is 10.1. The van der Waals surface area contributed by atoms with Crippen LogP contribution in [0.15, 0.2) is 53.0 Å². The first-order chi connectivity index (χ1) is 10.0. The molecular weight excluding hydrogens is 337 g/mol. The van der Waals surface area contributed by atoms with Crippen molar-refractivity contribution in [3.63, 3.8) is 0 Å². The third kappa shape index (κ3) is 4.79. The average Bonchev–Trinajstić information content (AvgIpc) is 2.48. The number of ketones is 1. The maximum absolute atomic E-state index is 12.8. The second-order valence-corrected chi connectivity index (χ2v) is 5.40. The van der Waals surface area contributed by atoms with Crippen molar-refractivity contribution in [3.8, 4) is 0 Å². The van der Waals surface area contributed by atoms with Crippen LogP contribution in [0.2, 0.25) is 0 Å². The standard InChI is InChI=1S/C16H13BrFNO2/c17-12-3-7-14(8-4-12)19-16(21)10-9-15(20)11-1-5-13(18)6-2-11/h1-8H,9-10H2,(H,19,21). The molecule has 2 aromatic rings. The molecule has 0 fully saturated rings. The van der Waals surface area contributed by atoms with Crippen molar-refractivity contribution < 1.29 is 14.0 Å². The molecule has 0 aliphatic heterocycles. The summed E-state index contributed by atoms with van der Waals surface area (Å²) in [7, 11) is 0. The van der Waals surface area contributed by atoms with Crippen LogP contribution in [0.1, 0.15) is 23.2 Å². The smallest absolute Gasteiger partial charge is 0.224 e. The van der Waals surface area contributed by atoms with Crippen molar-refractivity contribution in [1.82, 2.24) is 0 Å². The number of Topliss-reactive ketones (excluding diaryl/α,β-unsaturated/α-hetero) is 1. The third-order valence-corrected chi connectivity index (χ3v) is 3.40. The zero-order chi connectivity index (χ0) is 15.2. The predicted molar refractivity (Wildman–Crippen MR) is 82.7 cm³/mol.